The largest absolute Gasteiger partial charge is 0.492 e. The van der Waals surface area contributed by atoms with Gasteiger partial charge in [0.15, 0.2) is 4.80 Å². The van der Waals surface area contributed by atoms with Crippen LogP contribution in [-0.2, 0) is 17.8 Å². The molecule has 3 aromatic rings. The minimum Gasteiger partial charge on any atom is -0.492 e. The first kappa shape index (κ1) is 16.5. The van der Waals surface area contributed by atoms with Crippen molar-refractivity contribution in [1.82, 2.24) is 4.57 Å². The van der Waals surface area contributed by atoms with Crippen molar-refractivity contribution >= 4 is 27.5 Å². The van der Waals surface area contributed by atoms with Gasteiger partial charge < -0.3 is 9.30 Å². The maximum absolute atomic E-state index is 12.3. The molecule has 5 heteroatoms. The summed E-state index contributed by atoms with van der Waals surface area (Å²) in [5, 5.41) is 0. The molecule has 0 saturated carbocycles. The number of thiazole rings is 1. The van der Waals surface area contributed by atoms with Crippen LogP contribution in [0.15, 0.2) is 53.5 Å². The molecule has 0 radical (unpaired) electrons. The van der Waals surface area contributed by atoms with E-state index in [1.54, 1.807) is 0 Å². The first-order valence-electron chi connectivity index (χ1n) is 8.09. The van der Waals surface area contributed by atoms with Gasteiger partial charge in [0.05, 0.1) is 17.7 Å². The summed E-state index contributed by atoms with van der Waals surface area (Å²) >= 11 is 1.52. The van der Waals surface area contributed by atoms with Crippen LogP contribution >= 0.6 is 11.3 Å². The SMILES string of the molecule is CCOc1cccc2sc(=NC(=O)Cc3ccccc3)n(CC)c12. The fourth-order valence-electron chi connectivity index (χ4n) is 2.66. The monoisotopic (exact) mass is 340 g/mol. The molecular weight excluding hydrogens is 320 g/mol. The third-order valence-corrected chi connectivity index (χ3v) is 4.74. The summed E-state index contributed by atoms with van der Waals surface area (Å²) in [5.41, 5.74) is 1.99. The van der Waals surface area contributed by atoms with E-state index in [1.807, 2.05) is 60.0 Å². The molecule has 24 heavy (non-hydrogen) atoms. The zero-order valence-corrected chi connectivity index (χ0v) is 14.7. The number of benzene rings is 2. The Bertz CT molecular complexity index is 910. The molecule has 0 saturated heterocycles. The van der Waals surface area contributed by atoms with E-state index in [0.717, 1.165) is 32.9 Å². The number of rotatable bonds is 5. The van der Waals surface area contributed by atoms with Crippen LogP contribution < -0.4 is 9.54 Å². The average Bonchev–Trinajstić information content (AvgIpc) is 2.94. The lowest BCUT2D eigenvalue weighted by Gasteiger charge is -2.07. The van der Waals surface area contributed by atoms with Crippen LogP contribution in [0.5, 0.6) is 5.75 Å². The number of hydrogen-bond acceptors (Lipinski definition) is 3. The van der Waals surface area contributed by atoms with Crippen molar-refractivity contribution in [2.24, 2.45) is 4.99 Å². The van der Waals surface area contributed by atoms with Gasteiger partial charge in [0.25, 0.3) is 5.91 Å². The zero-order chi connectivity index (χ0) is 16.9. The Labute approximate surface area is 145 Å². The standard InChI is InChI=1S/C19H20N2O2S/c1-3-21-18-15(23-4-2)11-8-12-16(18)24-19(21)20-17(22)13-14-9-6-5-7-10-14/h5-12H,3-4,13H2,1-2H3. The van der Waals surface area contributed by atoms with Gasteiger partial charge in [-0.1, -0.05) is 47.7 Å². The van der Waals surface area contributed by atoms with Crippen molar-refractivity contribution in [1.29, 1.82) is 0 Å². The van der Waals surface area contributed by atoms with Gasteiger partial charge in [0.1, 0.15) is 11.3 Å². The fourth-order valence-corrected chi connectivity index (χ4v) is 3.79. The average molecular weight is 340 g/mol. The van der Waals surface area contributed by atoms with Gasteiger partial charge in [-0.25, -0.2) is 0 Å². The molecule has 1 aromatic heterocycles. The lowest BCUT2D eigenvalue weighted by molar-refractivity contribution is -0.117. The molecule has 0 aliphatic heterocycles. The second kappa shape index (κ2) is 7.45. The van der Waals surface area contributed by atoms with Crippen LogP contribution in [-0.4, -0.2) is 17.1 Å². The highest BCUT2D eigenvalue weighted by Gasteiger charge is 2.11. The number of fused-ring (bicyclic) bond motifs is 1. The van der Waals surface area contributed by atoms with Gasteiger partial charge >= 0.3 is 0 Å². The van der Waals surface area contributed by atoms with Gasteiger partial charge in [0, 0.05) is 6.54 Å². The van der Waals surface area contributed by atoms with E-state index in [2.05, 4.69) is 11.9 Å². The molecule has 0 fully saturated rings. The van der Waals surface area contributed by atoms with E-state index in [4.69, 9.17) is 4.74 Å². The van der Waals surface area contributed by atoms with Crippen molar-refractivity contribution in [3.8, 4) is 5.75 Å². The summed E-state index contributed by atoms with van der Waals surface area (Å²) in [6.45, 7) is 5.37. The molecule has 1 heterocycles. The molecule has 1 amide bonds. The highest BCUT2D eigenvalue weighted by molar-refractivity contribution is 7.16. The molecule has 0 spiro atoms. The number of carbonyl (C=O) groups is 1. The van der Waals surface area contributed by atoms with E-state index in [1.165, 1.54) is 11.3 Å². The van der Waals surface area contributed by atoms with Crippen molar-refractivity contribution in [2.75, 3.05) is 6.61 Å². The van der Waals surface area contributed by atoms with E-state index in [-0.39, 0.29) is 5.91 Å². The summed E-state index contributed by atoms with van der Waals surface area (Å²) in [7, 11) is 0. The molecule has 0 N–H and O–H groups in total. The Morgan fingerprint density at radius 2 is 1.92 bits per heavy atom. The van der Waals surface area contributed by atoms with Crippen LogP contribution in [0, 0.1) is 0 Å². The Balaban J connectivity index is 2.02. The summed E-state index contributed by atoms with van der Waals surface area (Å²) in [4.78, 5) is 17.4. The summed E-state index contributed by atoms with van der Waals surface area (Å²) < 4.78 is 8.86. The molecule has 4 nitrogen and oxygen atoms in total. The minimum atomic E-state index is -0.132. The second-order valence-electron chi connectivity index (χ2n) is 5.33. The van der Waals surface area contributed by atoms with E-state index in [0.29, 0.717) is 13.0 Å². The third kappa shape index (κ3) is 3.41. The first-order valence-corrected chi connectivity index (χ1v) is 8.91. The maximum Gasteiger partial charge on any atom is 0.252 e. The lowest BCUT2D eigenvalue weighted by atomic mass is 10.1. The van der Waals surface area contributed by atoms with Gasteiger partial charge in [-0.05, 0) is 31.5 Å². The Kier molecular flexibility index (Phi) is 5.11. The number of aryl methyl sites for hydroxylation is 1. The molecule has 0 aliphatic carbocycles. The van der Waals surface area contributed by atoms with Gasteiger partial charge in [-0.3, -0.25) is 4.79 Å². The summed E-state index contributed by atoms with van der Waals surface area (Å²) in [5.74, 6) is 0.706. The first-order chi connectivity index (χ1) is 11.7. The predicted octanol–water partition coefficient (Wildman–Crippen LogP) is 3.79. The topological polar surface area (TPSA) is 43.6 Å². The van der Waals surface area contributed by atoms with Crippen LogP contribution in [0.2, 0.25) is 0 Å². The molecule has 0 bridgehead atoms. The number of ether oxygens (including phenoxy) is 1. The Hall–Kier alpha value is -2.40. The van der Waals surface area contributed by atoms with Gasteiger partial charge in [-0.2, -0.15) is 4.99 Å². The Morgan fingerprint density at radius 3 is 2.62 bits per heavy atom. The zero-order valence-electron chi connectivity index (χ0n) is 13.9. The molecule has 0 aliphatic rings. The molecule has 0 unspecified atom stereocenters. The van der Waals surface area contributed by atoms with Crippen LogP contribution in [0.4, 0.5) is 0 Å². The maximum atomic E-state index is 12.3. The molecule has 2 aromatic carbocycles. The van der Waals surface area contributed by atoms with Crippen LogP contribution in [0.1, 0.15) is 19.4 Å². The molecular formula is C19H20N2O2S. The van der Waals surface area contributed by atoms with Gasteiger partial charge in [0.2, 0.25) is 0 Å². The van der Waals surface area contributed by atoms with Crippen LogP contribution in [0.3, 0.4) is 0 Å². The molecule has 124 valence electrons. The van der Waals surface area contributed by atoms with E-state index < -0.39 is 0 Å². The van der Waals surface area contributed by atoms with Gasteiger partial charge in [-0.15, -0.1) is 0 Å². The normalized spacial score (nSPS) is 11.8. The number of carbonyl (C=O) groups excluding carboxylic acids is 1. The summed E-state index contributed by atoms with van der Waals surface area (Å²) in [6, 6.07) is 15.7. The number of hydrogen-bond donors (Lipinski definition) is 0. The molecule has 3 rings (SSSR count). The van der Waals surface area contributed by atoms with E-state index >= 15 is 0 Å². The lowest BCUT2D eigenvalue weighted by Crippen LogP contribution is -2.17. The second-order valence-corrected chi connectivity index (χ2v) is 6.34. The summed E-state index contributed by atoms with van der Waals surface area (Å²) in [6.07, 6.45) is 0.317. The fraction of sp³-hybridized carbons (Fsp3) is 0.263. The quantitative estimate of drug-likeness (QED) is 0.709. The smallest absolute Gasteiger partial charge is 0.252 e. The number of para-hydroxylation sites is 1. The van der Waals surface area contributed by atoms with Crippen molar-refractivity contribution in [3.05, 3.63) is 58.9 Å². The third-order valence-electron chi connectivity index (χ3n) is 3.70. The number of aromatic nitrogens is 1. The highest BCUT2D eigenvalue weighted by atomic mass is 32.1. The Morgan fingerprint density at radius 1 is 1.12 bits per heavy atom. The number of nitrogens with zero attached hydrogens (tertiary/aromatic N) is 2. The van der Waals surface area contributed by atoms with Crippen molar-refractivity contribution < 1.29 is 9.53 Å². The van der Waals surface area contributed by atoms with Crippen molar-refractivity contribution in [3.63, 3.8) is 0 Å². The minimum absolute atomic E-state index is 0.132. The van der Waals surface area contributed by atoms with Crippen molar-refractivity contribution in [2.45, 2.75) is 26.8 Å². The highest BCUT2D eigenvalue weighted by Crippen LogP contribution is 2.27. The predicted molar refractivity (Wildman–Crippen MR) is 97.4 cm³/mol. The van der Waals surface area contributed by atoms with Crippen LogP contribution in [0.25, 0.3) is 10.2 Å². The molecule has 0 atom stereocenters. The number of amides is 1. The van der Waals surface area contributed by atoms with E-state index in [9.17, 15) is 4.79 Å².